The van der Waals surface area contributed by atoms with Gasteiger partial charge in [0.2, 0.25) is 0 Å². The first-order valence-electron chi connectivity index (χ1n) is 14.1. The number of nitrogens with one attached hydrogen (secondary N) is 1. The molecule has 0 radical (unpaired) electrons. The Bertz CT molecular complexity index is 1700. The first kappa shape index (κ1) is 26.7. The third kappa shape index (κ3) is 4.34. The van der Waals surface area contributed by atoms with Crippen LogP contribution < -0.4 is 15.4 Å². The second-order valence-corrected chi connectivity index (χ2v) is 10.4. The number of aromatic hydroxyl groups is 1. The lowest BCUT2D eigenvalue weighted by Gasteiger charge is -2.14. The summed E-state index contributed by atoms with van der Waals surface area (Å²) in [6.07, 6.45) is 12.2. The van der Waals surface area contributed by atoms with Crippen molar-refractivity contribution in [3.63, 3.8) is 0 Å². The fourth-order valence-corrected chi connectivity index (χ4v) is 6.24. The Morgan fingerprint density at radius 2 is 1.21 bits per heavy atom. The number of aromatic nitrogens is 1. The highest BCUT2D eigenvalue weighted by atomic mass is 16.5. The van der Waals surface area contributed by atoms with Crippen LogP contribution in [-0.4, -0.2) is 28.6 Å². The van der Waals surface area contributed by atoms with Crippen molar-refractivity contribution >= 4 is 35.7 Å². The van der Waals surface area contributed by atoms with E-state index in [0.717, 1.165) is 75.9 Å². The van der Waals surface area contributed by atoms with Gasteiger partial charge in [-0.15, -0.1) is 0 Å². The van der Waals surface area contributed by atoms with Gasteiger partial charge in [-0.3, -0.25) is 0 Å². The highest BCUT2D eigenvalue weighted by Crippen LogP contribution is 2.40. The van der Waals surface area contributed by atoms with Crippen molar-refractivity contribution in [3.05, 3.63) is 78.3 Å². The van der Waals surface area contributed by atoms with E-state index in [1.165, 1.54) is 27.8 Å². The summed E-state index contributed by atoms with van der Waals surface area (Å²) < 4.78 is 5.78. The molecule has 39 heavy (non-hydrogen) atoms. The van der Waals surface area contributed by atoms with Gasteiger partial charge in [-0.2, -0.15) is 0 Å². The van der Waals surface area contributed by atoms with E-state index < -0.39 is 0 Å². The monoisotopic (exact) mass is 521 g/mol. The molecule has 0 atom stereocenters. The molecule has 0 amide bonds. The topological polar surface area (TPSA) is 70.0 Å². The van der Waals surface area contributed by atoms with E-state index in [9.17, 15) is 5.11 Å². The van der Waals surface area contributed by atoms with Gasteiger partial charge >= 0.3 is 0 Å². The summed E-state index contributed by atoms with van der Waals surface area (Å²) in [6, 6.07) is 1.99. The van der Waals surface area contributed by atoms with Gasteiger partial charge in [0.25, 0.3) is 0 Å². The molecule has 5 rings (SSSR count). The zero-order valence-electron chi connectivity index (χ0n) is 24.5. The van der Waals surface area contributed by atoms with Crippen molar-refractivity contribution in [1.29, 1.82) is 0 Å². The predicted molar refractivity (Wildman–Crippen MR) is 164 cm³/mol. The summed E-state index contributed by atoms with van der Waals surface area (Å²) in [5.74, 6) is 0.864. The summed E-state index contributed by atoms with van der Waals surface area (Å²) >= 11 is 0. The Morgan fingerprint density at radius 1 is 0.718 bits per heavy atom. The molecule has 0 unspecified atom stereocenters. The molecule has 0 saturated heterocycles. The lowest BCUT2D eigenvalue weighted by atomic mass is 9.98. The number of allylic oxidation sites excluding steroid dienone is 4. The SMILES string of the molecule is CCC1=C(C)C2=Cc3cc(c(OC)c(C)c3O)C=C3N=C(C=c4[nH]c(c(CC)c4CC)=CC1=N2)C(CC)=C3C. The molecule has 202 valence electrons. The summed E-state index contributed by atoms with van der Waals surface area (Å²) in [4.78, 5) is 14.0. The molecule has 3 aliphatic rings. The fraction of sp³-hybridized carbons (Fsp3) is 0.353. The molecule has 5 heteroatoms. The van der Waals surface area contributed by atoms with Gasteiger partial charge in [-0.25, -0.2) is 9.98 Å². The maximum atomic E-state index is 11.2. The highest BCUT2D eigenvalue weighted by Gasteiger charge is 2.23. The molecule has 0 aliphatic carbocycles. The minimum Gasteiger partial charge on any atom is -0.507 e. The number of aromatic amines is 1. The number of ether oxygens (including phenoxy) is 1. The van der Waals surface area contributed by atoms with Gasteiger partial charge in [0.05, 0.1) is 29.9 Å². The Morgan fingerprint density at radius 3 is 1.64 bits per heavy atom. The summed E-state index contributed by atoms with van der Waals surface area (Å²) in [7, 11) is 1.65. The van der Waals surface area contributed by atoms with Crippen LogP contribution in [-0.2, 0) is 12.8 Å². The van der Waals surface area contributed by atoms with Gasteiger partial charge in [-0.05, 0) is 110 Å². The normalized spacial score (nSPS) is 16.5. The Kier molecular flexibility index (Phi) is 7.11. The number of phenols is 1. The van der Waals surface area contributed by atoms with E-state index in [1.807, 2.05) is 19.1 Å². The molecular formula is C34H39N3O2. The number of benzene rings is 1. The van der Waals surface area contributed by atoms with Gasteiger partial charge in [0.1, 0.15) is 11.5 Å². The molecule has 2 aromatic rings. The molecule has 5 nitrogen and oxygen atoms in total. The molecule has 8 bridgehead atoms. The average molecular weight is 522 g/mol. The van der Waals surface area contributed by atoms with E-state index in [2.05, 4.69) is 64.8 Å². The van der Waals surface area contributed by atoms with Crippen LogP contribution >= 0.6 is 0 Å². The van der Waals surface area contributed by atoms with Crippen molar-refractivity contribution in [2.24, 2.45) is 9.98 Å². The predicted octanol–water partition coefficient (Wildman–Crippen LogP) is 6.48. The second-order valence-electron chi connectivity index (χ2n) is 10.4. The number of nitrogens with zero attached hydrogens (tertiary/aromatic N) is 2. The molecule has 4 heterocycles. The van der Waals surface area contributed by atoms with Crippen LogP contribution in [0.5, 0.6) is 11.5 Å². The first-order chi connectivity index (χ1) is 18.8. The van der Waals surface area contributed by atoms with Crippen LogP contribution in [0.3, 0.4) is 0 Å². The maximum Gasteiger partial charge on any atom is 0.132 e. The summed E-state index contributed by atoms with van der Waals surface area (Å²) in [5.41, 5.74) is 13.5. The number of fused-ring (bicyclic) bond motifs is 6. The Labute approximate surface area is 231 Å². The standard InChI is InChI=1S/C34H39N3O2/c1-9-23-18(5)27-14-21-13-22(34(39-8)20(7)33(21)38)15-28-19(6)24(10-2)30(36-28)17-32-26(12-4)25(11-3)31(37-32)16-29(23)35-27/h13-17,37-38H,9-12H2,1-8H3. The molecule has 0 fully saturated rings. The molecule has 0 saturated carbocycles. The van der Waals surface area contributed by atoms with Crippen LogP contribution in [0.4, 0.5) is 0 Å². The smallest absolute Gasteiger partial charge is 0.132 e. The van der Waals surface area contributed by atoms with E-state index in [4.69, 9.17) is 14.7 Å². The number of hydrogen-bond donors (Lipinski definition) is 2. The van der Waals surface area contributed by atoms with Crippen LogP contribution in [0.15, 0.2) is 49.7 Å². The largest absolute Gasteiger partial charge is 0.507 e. The van der Waals surface area contributed by atoms with Gasteiger partial charge in [-0.1, -0.05) is 27.7 Å². The molecule has 2 N–H and O–H groups in total. The zero-order valence-corrected chi connectivity index (χ0v) is 24.5. The summed E-state index contributed by atoms with van der Waals surface area (Å²) in [6.45, 7) is 15.0. The minimum atomic E-state index is 0.210. The van der Waals surface area contributed by atoms with Crippen molar-refractivity contribution < 1.29 is 9.84 Å². The Balaban J connectivity index is 1.93. The number of aliphatic imine (C=N–C) groups is 2. The van der Waals surface area contributed by atoms with Gasteiger partial charge < -0.3 is 14.8 Å². The third-order valence-electron chi connectivity index (χ3n) is 8.37. The number of phenolic OH excluding ortho intramolecular Hbond substituents is 1. The van der Waals surface area contributed by atoms with E-state index >= 15 is 0 Å². The fourth-order valence-electron chi connectivity index (χ4n) is 6.24. The third-order valence-corrected chi connectivity index (χ3v) is 8.37. The molecule has 3 aliphatic heterocycles. The van der Waals surface area contributed by atoms with Gasteiger partial charge in [0.15, 0.2) is 0 Å². The lowest BCUT2D eigenvalue weighted by molar-refractivity contribution is 0.401. The molecule has 0 spiro atoms. The summed E-state index contributed by atoms with van der Waals surface area (Å²) in [5, 5.41) is 13.4. The number of rotatable bonds is 5. The van der Waals surface area contributed by atoms with Crippen LogP contribution in [0.25, 0.3) is 24.3 Å². The first-order valence-corrected chi connectivity index (χ1v) is 14.1. The number of methoxy groups -OCH3 is 1. The Hall–Kier alpha value is -3.86. The van der Waals surface area contributed by atoms with Crippen molar-refractivity contribution in [3.8, 4) is 11.5 Å². The zero-order chi connectivity index (χ0) is 28.0. The van der Waals surface area contributed by atoms with Crippen molar-refractivity contribution in [2.75, 3.05) is 7.11 Å². The van der Waals surface area contributed by atoms with Gasteiger partial charge in [0, 0.05) is 27.4 Å². The van der Waals surface area contributed by atoms with Crippen LogP contribution in [0, 0.1) is 6.92 Å². The molecule has 1 aromatic carbocycles. The second kappa shape index (κ2) is 10.4. The van der Waals surface area contributed by atoms with Crippen LogP contribution in [0.2, 0.25) is 0 Å². The quantitative estimate of drug-likeness (QED) is 0.473. The van der Waals surface area contributed by atoms with E-state index in [1.54, 1.807) is 7.11 Å². The minimum absolute atomic E-state index is 0.210. The average Bonchev–Trinajstić information content (AvgIpc) is 3.51. The van der Waals surface area contributed by atoms with Crippen molar-refractivity contribution in [2.45, 2.75) is 74.1 Å². The molecular weight excluding hydrogens is 482 g/mol. The van der Waals surface area contributed by atoms with Crippen molar-refractivity contribution in [1.82, 2.24) is 4.98 Å². The van der Waals surface area contributed by atoms with E-state index in [0.29, 0.717) is 11.3 Å². The number of hydrogen-bond acceptors (Lipinski definition) is 4. The number of H-pyrrole nitrogens is 1. The lowest BCUT2D eigenvalue weighted by Crippen LogP contribution is -2.16. The van der Waals surface area contributed by atoms with Crippen LogP contribution in [0.1, 0.15) is 82.2 Å². The highest BCUT2D eigenvalue weighted by molar-refractivity contribution is 6.24. The maximum absolute atomic E-state index is 11.2. The molecule has 1 aromatic heterocycles. The van der Waals surface area contributed by atoms with E-state index in [-0.39, 0.29) is 5.75 Å².